The van der Waals surface area contributed by atoms with Crippen LogP contribution in [0.3, 0.4) is 0 Å². The number of rotatable bonds is 6. The molecule has 2 saturated heterocycles. The lowest BCUT2D eigenvalue weighted by atomic mass is 9.87. The summed E-state index contributed by atoms with van der Waals surface area (Å²) in [6, 6.07) is 9.93. The van der Waals surface area contributed by atoms with E-state index in [0.29, 0.717) is 13.0 Å². The molecule has 1 aromatic rings. The predicted octanol–water partition coefficient (Wildman–Crippen LogP) is 1.44. The van der Waals surface area contributed by atoms with Crippen LogP contribution in [0, 0.1) is 5.92 Å². The first-order valence-electron chi connectivity index (χ1n) is 9.64. The minimum Gasteiger partial charge on any atom is -0.463 e. The van der Waals surface area contributed by atoms with Crippen LogP contribution in [-0.2, 0) is 44.5 Å². The van der Waals surface area contributed by atoms with E-state index in [1.54, 1.807) is 0 Å². The minimum absolute atomic E-state index is 0.0126. The Hall–Kier alpha value is -2.45. The van der Waals surface area contributed by atoms with Gasteiger partial charge in [-0.25, -0.2) is 0 Å². The van der Waals surface area contributed by atoms with Crippen LogP contribution in [-0.4, -0.2) is 61.6 Å². The Labute approximate surface area is 169 Å². The molecular weight excluding hydrogens is 380 g/mol. The Morgan fingerprint density at radius 1 is 0.931 bits per heavy atom. The van der Waals surface area contributed by atoms with Crippen LogP contribution in [0.4, 0.5) is 0 Å². The summed E-state index contributed by atoms with van der Waals surface area (Å²) in [5.74, 6) is -1.54. The van der Waals surface area contributed by atoms with Crippen molar-refractivity contribution < 1.29 is 38.1 Å². The molecule has 8 heteroatoms. The topological polar surface area (TPSA) is 97.4 Å². The van der Waals surface area contributed by atoms with Crippen LogP contribution in [0.2, 0.25) is 0 Å². The van der Waals surface area contributed by atoms with E-state index in [4.69, 9.17) is 23.7 Å². The first-order chi connectivity index (χ1) is 13.8. The third-order valence-corrected chi connectivity index (χ3v) is 5.03. The van der Waals surface area contributed by atoms with Crippen molar-refractivity contribution >= 4 is 17.9 Å². The quantitative estimate of drug-likeness (QED) is 0.517. The summed E-state index contributed by atoms with van der Waals surface area (Å²) in [5.41, 5.74) is 1.13. The van der Waals surface area contributed by atoms with Crippen LogP contribution < -0.4 is 0 Å². The lowest BCUT2D eigenvalue weighted by molar-refractivity contribution is -0.240. The van der Waals surface area contributed by atoms with Gasteiger partial charge in [0.25, 0.3) is 0 Å². The second-order valence-corrected chi connectivity index (χ2v) is 7.34. The highest BCUT2D eigenvalue weighted by Crippen LogP contribution is 2.37. The van der Waals surface area contributed by atoms with Gasteiger partial charge in [-0.15, -0.1) is 0 Å². The Bertz CT molecular complexity index is 733. The molecule has 0 bridgehead atoms. The molecule has 2 aliphatic rings. The lowest BCUT2D eigenvalue weighted by Gasteiger charge is -2.43. The number of fused-ring (bicyclic) bond motifs is 1. The molecule has 2 aliphatic heterocycles. The van der Waals surface area contributed by atoms with Gasteiger partial charge in [0.2, 0.25) is 0 Å². The van der Waals surface area contributed by atoms with E-state index in [2.05, 4.69) is 0 Å². The molecule has 2 fully saturated rings. The van der Waals surface area contributed by atoms with Gasteiger partial charge in [-0.3, -0.25) is 14.4 Å². The van der Waals surface area contributed by atoms with Crippen molar-refractivity contribution in [3.63, 3.8) is 0 Å². The van der Waals surface area contributed by atoms with Gasteiger partial charge in [0, 0.05) is 26.7 Å². The summed E-state index contributed by atoms with van der Waals surface area (Å²) in [6.07, 6.45) is -2.82. The summed E-state index contributed by atoms with van der Waals surface area (Å²) < 4.78 is 28.1. The first-order valence-corrected chi connectivity index (χ1v) is 9.64. The molecule has 0 amide bonds. The highest BCUT2D eigenvalue weighted by atomic mass is 16.7. The molecule has 1 aromatic carbocycles. The van der Waals surface area contributed by atoms with Crippen LogP contribution >= 0.6 is 0 Å². The van der Waals surface area contributed by atoms with E-state index in [1.165, 1.54) is 20.8 Å². The zero-order valence-electron chi connectivity index (χ0n) is 16.7. The summed E-state index contributed by atoms with van der Waals surface area (Å²) in [6.45, 7) is 4.12. The van der Waals surface area contributed by atoms with Crippen LogP contribution in [0.15, 0.2) is 30.3 Å². The van der Waals surface area contributed by atoms with E-state index in [1.807, 2.05) is 30.3 Å². The van der Waals surface area contributed by atoms with E-state index >= 15 is 0 Å². The molecule has 0 saturated carbocycles. The molecule has 158 valence electrons. The molecule has 0 aromatic heterocycles. The third-order valence-electron chi connectivity index (χ3n) is 5.03. The molecule has 3 rings (SSSR count). The number of ether oxygens (including phenoxy) is 5. The standard InChI is InChI=1S/C21H26O8/c1-12(22)25-11-17-19(27-13(2)23)21(28-14(3)24)20-18(29-17)16(10-26-20)9-15-7-5-4-6-8-15/h4-8,16-21H,9-11H2,1-3H3/t16?,17-,18-,19-,20+,21+/m1/s1. The summed E-state index contributed by atoms with van der Waals surface area (Å²) in [5, 5.41) is 0. The zero-order valence-corrected chi connectivity index (χ0v) is 16.7. The van der Waals surface area contributed by atoms with Gasteiger partial charge in [-0.2, -0.15) is 0 Å². The molecule has 1 unspecified atom stereocenters. The van der Waals surface area contributed by atoms with Gasteiger partial charge in [-0.05, 0) is 12.0 Å². The van der Waals surface area contributed by atoms with Crippen molar-refractivity contribution in [2.45, 2.75) is 57.7 Å². The molecule has 0 radical (unpaired) electrons. The van der Waals surface area contributed by atoms with Crippen molar-refractivity contribution in [2.75, 3.05) is 13.2 Å². The molecule has 0 spiro atoms. The fourth-order valence-corrected chi connectivity index (χ4v) is 3.93. The summed E-state index contributed by atoms with van der Waals surface area (Å²) >= 11 is 0. The van der Waals surface area contributed by atoms with Crippen LogP contribution in [0.1, 0.15) is 26.3 Å². The number of carbonyl (C=O) groups excluding carboxylic acids is 3. The first kappa shape index (κ1) is 21.3. The van der Waals surface area contributed by atoms with Gasteiger partial charge >= 0.3 is 17.9 Å². The Morgan fingerprint density at radius 3 is 2.21 bits per heavy atom. The molecule has 6 atom stereocenters. The second kappa shape index (κ2) is 9.37. The zero-order chi connectivity index (χ0) is 21.0. The normalized spacial score (nSPS) is 30.9. The van der Waals surface area contributed by atoms with Crippen molar-refractivity contribution in [2.24, 2.45) is 5.92 Å². The molecule has 29 heavy (non-hydrogen) atoms. The largest absolute Gasteiger partial charge is 0.463 e. The fourth-order valence-electron chi connectivity index (χ4n) is 3.93. The number of hydrogen-bond acceptors (Lipinski definition) is 8. The second-order valence-electron chi connectivity index (χ2n) is 7.34. The third kappa shape index (κ3) is 5.33. The number of hydrogen-bond donors (Lipinski definition) is 0. The number of esters is 3. The van der Waals surface area contributed by atoms with Crippen molar-refractivity contribution in [1.82, 2.24) is 0 Å². The summed E-state index contributed by atoms with van der Waals surface area (Å²) in [4.78, 5) is 34.7. The maximum Gasteiger partial charge on any atom is 0.303 e. The van der Waals surface area contributed by atoms with Crippen LogP contribution in [0.25, 0.3) is 0 Å². The Balaban J connectivity index is 1.84. The van der Waals surface area contributed by atoms with Crippen molar-refractivity contribution in [3.8, 4) is 0 Å². The van der Waals surface area contributed by atoms with Crippen molar-refractivity contribution in [3.05, 3.63) is 35.9 Å². The van der Waals surface area contributed by atoms with Crippen molar-refractivity contribution in [1.29, 1.82) is 0 Å². The Morgan fingerprint density at radius 2 is 1.59 bits per heavy atom. The molecular formula is C21H26O8. The summed E-state index contributed by atoms with van der Waals surface area (Å²) in [7, 11) is 0. The predicted molar refractivity (Wildman–Crippen MR) is 99.8 cm³/mol. The van der Waals surface area contributed by atoms with Gasteiger partial charge in [0.15, 0.2) is 12.2 Å². The Kier molecular flexibility index (Phi) is 6.87. The minimum atomic E-state index is -0.938. The van der Waals surface area contributed by atoms with Gasteiger partial charge in [0.05, 0.1) is 12.7 Å². The highest BCUT2D eigenvalue weighted by molar-refractivity contribution is 5.68. The monoisotopic (exact) mass is 406 g/mol. The maximum atomic E-state index is 11.7. The van der Waals surface area contributed by atoms with Gasteiger partial charge in [0.1, 0.15) is 18.8 Å². The van der Waals surface area contributed by atoms with E-state index in [9.17, 15) is 14.4 Å². The average molecular weight is 406 g/mol. The number of benzene rings is 1. The van der Waals surface area contributed by atoms with E-state index < -0.39 is 48.4 Å². The van der Waals surface area contributed by atoms with Crippen LogP contribution in [0.5, 0.6) is 0 Å². The van der Waals surface area contributed by atoms with Gasteiger partial charge < -0.3 is 23.7 Å². The highest BCUT2D eigenvalue weighted by Gasteiger charge is 2.55. The average Bonchev–Trinajstić information content (AvgIpc) is 3.04. The van der Waals surface area contributed by atoms with E-state index in [-0.39, 0.29) is 12.5 Å². The number of carbonyl (C=O) groups is 3. The van der Waals surface area contributed by atoms with Gasteiger partial charge in [-0.1, -0.05) is 30.3 Å². The maximum absolute atomic E-state index is 11.7. The molecule has 0 N–H and O–H groups in total. The lowest BCUT2D eigenvalue weighted by Crippen LogP contribution is -2.61. The smallest absolute Gasteiger partial charge is 0.303 e. The molecule has 2 heterocycles. The molecule has 0 aliphatic carbocycles. The van der Waals surface area contributed by atoms with E-state index in [0.717, 1.165) is 5.56 Å². The SMILES string of the molecule is CC(=O)OC[C@H]1O[C@@H]2C(Cc3ccccc3)CO[C@@H]2[C@@H](OC(C)=O)[C@@H]1OC(C)=O. The molecule has 8 nitrogen and oxygen atoms in total. The fraction of sp³-hybridized carbons (Fsp3) is 0.571.